The summed E-state index contributed by atoms with van der Waals surface area (Å²) in [5, 5.41) is 5.65. The number of aryl methyl sites for hydroxylation is 1. The first-order chi connectivity index (χ1) is 18.9. The first kappa shape index (κ1) is 25.2. The summed E-state index contributed by atoms with van der Waals surface area (Å²) in [6.07, 6.45) is 6.36. The molecule has 9 heteroatoms. The lowest BCUT2D eigenvalue weighted by molar-refractivity contribution is -0.136. The lowest BCUT2D eigenvalue weighted by Crippen LogP contribution is -2.52. The molecule has 2 aromatic carbocycles. The smallest absolute Gasteiger partial charge is 0.255 e. The third-order valence-corrected chi connectivity index (χ3v) is 7.98. The van der Waals surface area contributed by atoms with E-state index in [4.69, 9.17) is 0 Å². The number of fused-ring (bicyclic) bond motifs is 1. The molecule has 0 radical (unpaired) electrons. The lowest BCUT2D eigenvalue weighted by Gasteiger charge is -2.32. The van der Waals surface area contributed by atoms with E-state index in [0.717, 1.165) is 49.3 Å². The molecule has 1 unspecified atom stereocenters. The van der Waals surface area contributed by atoms with Gasteiger partial charge in [-0.15, -0.1) is 0 Å². The molecule has 3 aliphatic heterocycles. The second-order valence-corrected chi connectivity index (χ2v) is 10.8. The molecule has 1 atom stereocenters. The van der Waals surface area contributed by atoms with Crippen molar-refractivity contribution in [2.45, 2.75) is 57.7 Å². The van der Waals surface area contributed by atoms with E-state index in [1.165, 1.54) is 11.1 Å². The van der Waals surface area contributed by atoms with Crippen LogP contribution >= 0.6 is 0 Å². The molecule has 2 saturated heterocycles. The number of hydrogen-bond donors (Lipinski definition) is 2. The summed E-state index contributed by atoms with van der Waals surface area (Å²) < 4.78 is 0. The van der Waals surface area contributed by atoms with Crippen LogP contribution in [0.25, 0.3) is 0 Å². The fourth-order valence-corrected chi connectivity index (χ4v) is 5.86. The van der Waals surface area contributed by atoms with E-state index in [0.29, 0.717) is 30.4 Å². The Morgan fingerprint density at radius 3 is 2.56 bits per heavy atom. The van der Waals surface area contributed by atoms with Crippen LogP contribution in [0.5, 0.6) is 0 Å². The van der Waals surface area contributed by atoms with Crippen LogP contribution in [-0.4, -0.2) is 56.6 Å². The van der Waals surface area contributed by atoms with Gasteiger partial charge in [-0.05, 0) is 85.6 Å². The average molecular weight is 525 g/mol. The Hall–Kier alpha value is -4.11. The van der Waals surface area contributed by atoms with Crippen molar-refractivity contribution >= 4 is 29.4 Å². The summed E-state index contributed by atoms with van der Waals surface area (Å²) in [4.78, 5) is 49.6. The van der Waals surface area contributed by atoms with Gasteiger partial charge in [0.15, 0.2) is 0 Å². The summed E-state index contributed by atoms with van der Waals surface area (Å²) in [6.45, 7) is 5.28. The van der Waals surface area contributed by atoms with Gasteiger partial charge in [0.1, 0.15) is 6.04 Å². The molecule has 0 bridgehead atoms. The van der Waals surface area contributed by atoms with Crippen LogP contribution in [0.1, 0.15) is 64.2 Å². The van der Waals surface area contributed by atoms with E-state index in [2.05, 4.69) is 55.8 Å². The van der Waals surface area contributed by atoms with E-state index >= 15 is 0 Å². The number of imide groups is 1. The third kappa shape index (κ3) is 5.40. The van der Waals surface area contributed by atoms with Crippen molar-refractivity contribution in [3.8, 4) is 0 Å². The highest BCUT2D eigenvalue weighted by Gasteiger charge is 2.39. The van der Waals surface area contributed by atoms with Crippen LogP contribution in [0, 0.1) is 6.92 Å². The van der Waals surface area contributed by atoms with E-state index in [1.54, 1.807) is 17.3 Å². The van der Waals surface area contributed by atoms with Gasteiger partial charge in [-0.1, -0.05) is 24.3 Å². The molecule has 200 valence electrons. The third-order valence-electron chi connectivity index (χ3n) is 7.98. The maximum absolute atomic E-state index is 13.0. The number of carbonyl (C=O) groups excluding carboxylic acids is 3. The molecule has 0 aliphatic carbocycles. The highest BCUT2D eigenvalue weighted by atomic mass is 16.2. The Kier molecular flexibility index (Phi) is 6.83. The van der Waals surface area contributed by atoms with Gasteiger partial charge in [-0.25, -0.2) is 9.97 Å². The zero-order valence-electron chi connectivity index (χ0n) is 22.0. The van der Waals surface area contributed by atoms with E-state index in [9.17, 15) is 14.4 Å². The van der Waals surface area contributed by atoms with Crippen molar-refractivity contribution in [2.24, 2.45) is 0 Å². The average Bonchev–Trinajstić information content (AvgIpc) is 3.26. The zero-order valence-corrected chi connectivity index (χ0v) is 22.0. The van der Waals surface area contributed by atoms with Crippen molar-refractivity contribution in [1.29, 1.82) is 0 Å². The molecular formula is C30H32N6O3. The van der Waals surface area contributed by atoms with E-state index < -0.39 is 6.04 Å². The Balaban J connectivity index is 1.05. The summed E-state index contributed by atoms with van der Waals surface area (Å²) in [7, 11) is 0. The highest BCUT2D eigenvalue weighted by Crippen LogP contribution is 2.34. The van der Waals surface area contributed by atoms with Crippen LogP contribution in [-0.2, 0) is 22.7 Å². The topological polar surface area (TPSA) is 108 Å². The predicted molar refractivity (Wildman–Crippen MR) is 146 cm³/mol. The van der Waals surface area contributed by atoms with Crippen LogP contribution < -0.4 is 10.6 Å². The predicted octanol–water partition coefficient (Wildman–Crippen LogP) is 3.67. The van der Waals surface area contributed by atoms with Gasteiger partial charge in [0.05, 0.1) is 0 Å². The monoisotopic (exact) mass is 524 g/mol. The Bertz CT molecular complexity index is 1410. The fraction of sp³-hybridized carbons (Fsp3) is 0.367. The number of aromatic nitrogens is 2. The highest BCUT2D eigenvalue weighted by molar-refractivity contribution is 6.05. The molecule has 3 aliphatic rings. The maximum atomic E-state index is 13.0. The second-order valence-electron chi connectivity index (χ2n) is 10.8. The summed E-state index contributed by atoms with van der Waals surface area (Å²) in [6, 6.07) is 14.0. The zero-order chi connectivity index (χ0) is 26.9. The first-order valence-electron chi connectivity index (χ1n) is 13.6. The number of nitrogens with zero attached hydrogens (tertiary/aromatic N) is 4. The van der Waals surface area contributed by atoms with Gasteiger partial charge < -0.3 is 10.2 Å². The molecule has 6 rings (SSSR count). The molecule has 4 heterocycles. The van der Waals surface area contributed by atoms with Gasteiger partial charge in [0.2, 0.25) is 17.8 Å². The second kappa shape index (κ2) is 10.6. The number of benzene rings is 2. The van der Waals surface area contributed by atoms with Gasteiger partial charge >= 0.3 is 0 Å². The number of likely N-dealkylation sites (tertiary alicyclic amines) is 1. The molecule has 0 spiro atoms. The van der Waals surface area contributed by atoms with Crippen molar-refractivity contribution in [1.82, 2.24) is 25.1 Å². The summed E-state index contributed by atoms with van der Waals surface area (Å²) in [5.41, 5.74) is 6.16. The minimum Gasteiger partial charge on any atom is -0.324 e. The molecule has 39 heavy (non-hydrogen) atoms. The Labute approximate surface area is 227 Å². The van der Waals surface area contributed by atoms with Gasteiger partial charge in [0.25, 0.3) is 5.91 Å². The molecule has 3 aromatic rings. The molecule has 0 saturated carbocycles. The van der Waals surface area contributed by atoms with Crippen LogP contribution in [0.4, 0.5) is 11.6 Å². The molecule has 1 aromatic heterocycles. The summed E-state index contributed by atoms with van der Waals surface area (Å²) >= 11 is 0. The molecule has 3 amide bonds. The van der Waals surface area contributed by atoms with Crippen molar-refractivity contribution in [3.05, 3.63) is 82.7 Å². The Morgan fingerprint density at radius 1 is 1.00 bits per heavy atom. The largest absolute Gasteiger partial charge is 0.324 e. The van der Waals surface area contributed by atoms with Crippen molar-refractivity contribution in [3.63, 3.8) is 0 Å². The standard InChI is InChI=1S/C30H32N6O3/c1-19-15-31-30(32-16-19)33-24-4-2-3-20(13-24)17-35-11-9-21(10-12-35)22-5-6-25-23(14-22)18-36(29(25)39)26-7-8-27(37)34-28(26)38/h2-6,13-16,21,26H,7-12,17-18H2,1H3,(H,31,32,33)(H,34,37,38). The Morgan fingerprint density at radius 2 is 1.79 bits per heavy atom. The molecule has 9 nitrogen and oxygen atoms in total. The van der Waals surface area contributed by atoms with Gasteiger partial charge in [0, 0.05) is 43.2 Å². The maximum Gasteiger partial charge on any atom is 0.255 e. The SMILES string of the molecule is Cc1cnc(Nc2cccc(CN3CCC(c4ccc5c(c4)CN(C4CCC(=O)NC4=O)C5=O)CC3)c2)nc1. The molecular weight excluding hydrogens is 492 g/mol. The summed E-state index contributed by atoms with van der Waals surface area (Å²) in [5.74, 6) is 0.277. The van der Waals surface area contributed by atoms with Gasteiger partial charge in [-0.2, -0.15) is 0 Å². The number of rotatable bonds is 6. The number of nitrogens with one attached hydrogen (secondary N) is 2. The molecule has 2 fully saturated rings. The lowest BCUT2D eigenvalue weighted by atomic mass is 9.87. The minimum atomic E-state index is -0.576. The molecule has 2 N–H and O–H groups in total. The minimum absolute atomic E-state index is 0.119. The number of anilines is 2. The van der Waals surface area contributed by atoms with E-state index in [-0.39, 0.29) is 24.1 Å². The number of amides is 3. The fourth-order valence-electron chi connectivity index (χ4n) is 5.86. The quantitative estimate of drug-likeness (QED) is 0.474. The van der Waals surface area contributed by atoms with Crippen LogP contribution in [0.15, 0.2) is 54.9 Å². The van der Waals surface area contributed by atoms with E-state index in [1.807, 2.05) is 19.1 Å². The number of piperidine rings is 2. The first-order valence-corrected chi connectivity index (χ1v) is 13.6. The normalized spacial score (nSPS) is 20.2. The van der Waals surface area contributed by atoms with Crippen LogP contribution in [0.3, 0.4) is 0 Å². The van der Waals surface area contributed by atoms with Crippen LogP contribution in [0.2, 0.25) is 0 Å². The number of hydrogen-bond acceptors (Lipinski definition) is 7. The van der Waals surface area contributed by atoms with Crippen molar-refractivity contribution in [2.75, 3.05) is 18.4 Å². The van der Waals surface area contributed by atoms with Gasteiger partial charge in [-0.3, -0.25) is 24.6 Å². The number of carbonyl (C=O) groups is 3. The van der Waals surface area contributed by atoms with Crippen molar-refractivity contribution < 1.29 is 14.4 Å².